The summed E-state index contributed by atoms with van der Waals surface area (Å²) in [5, 5.41) is 7.57. The Labute approximate surface area is 98.0 Å². The molecule has 0 bridgehead atoms. The molecule has 1 aromatic carbocycles. The summed E-state index contributed by atoms with van der Waals surface area (Å²) in [5.74, 6) is 0. The first-order valence-corrected chi connectivity index (χ1v) is 5.59. The summed E-state index contributed by atoms with van der Waals surface area (Å²) in [4.78, 5) is 0. The third kappa shape index (κ3) is 11.2. The van der Waals surface area contributed by atoms with Crippen molar-refractivity contribution in [3.63, 3.8) is 0 Å². The Morgan fingerprint density at radius 2 is 1.38 bits per heavy atom. The number of hydrogen-bond donors (Lipinski definition) is 1. The zero-order valence-electron chi connectivity index (χ0n) is 10.2. The van der Waals surface area contributed by atoms with Crippen LogP contribution in [0, 0.1) is 6.92 Å². The van der Waals surface area contributed by atoms with Gasteiger partial charge in [-0.1, -0.05) is 35.9 Å². The van der Waals surface area contributed by atoms with E-state index in [1.807, 2.05) is 18.2 Å². The molecule has 2 rings (SSSR count). The molecule has 0 unspecified atom stereocenters. The first kappa shape index (κ1) is 15.1. The summed E-state index contributed by atoms with van der Waals surface area (Å²) in [7, 11) is 0. The van der Waals surface area contributed by atoms with Gasteiger partial charge in [-0.25, -0.2) is 0 Å². The number of aryl methyl sites for hydroxylation is 1. The molecule has 0 aliphatic carbocycles. The molecule has 0 amide bonds. The van der Waals surface area contributed by atoms with Gasteiger partial charge in [0, 0.05) is 6.61 Å². The first-order valence-electron chi connectivity index (χ1n) is 5.59. The van der Waals surface area contributed by atoms with Crippen molar-refractivity contribution in [2.75, 3.05) is 33.0 Å². The Kier molecular flexibility index (Phi) is 11.5. The van der Waals surface area contributed by atoms with E-state index in [-0.39, 0.29) is 6.61 Å². The van der Waals surface area contributed by atoms with E-state index in [2.05, 4.69) is 19.1 Å². The number of hydrogen-bond acceptors (Lipinski definition) is 3. The van der Waals surface area contributed by atoms with Crippen LogP contribution < -0.4 is 0 Å². The van der Waals surface area contributed by atoms with Crippen molar-refractivity contribution in [2.24, 2.45) is 0 Å². The largest absolute Gasteiger partial charge is 0.397 e. The highest BCUT2D eigenvalue weighted by molar-refractivity contribution is 5.11. The van der Waals surface area contributed by atoms with Crippen LogP contribution in [0.4, 0.5) is 0 Å². The third-order valence-electron chi connectivity index (χ3n) is 1.68. The second-order valence-electron chi connectivity index (χ2n) is 3.20. The summed E-state index contributed by atoms with van der Waals surface area (Å²) >= 11 is 0. The summed E-state index contributed by atoms with van der Waals surface area (Å²) in [5.41, 5.74) is 1.32. The Morgan fingerprint density at radius 3 is 1.56 bits per heavy atom. The molecule has 0 atom stereocenters. The van der Waals surface area contributed by atoms with Crippen LogP contribution in [-0.4, -0.2) is 38.1 Å². The Bertz CT molecular complexity index is 208. The number of benzene rings is 1. The third-order valence-corrected chi connectivity index (χ3v) is 1.68. The van der Waals surface area contributed by atoms with E-state index in [4.69, 9.17) is 14.6 Å². The van der Waals surface area contributed by atoms with Crippen molar-refractivity contribution < 1.29 is 14.6 Å². The monoisotopic (exact) mass is 226 g/mol. The fourth-order valence-electron chi connectivity index (χ4n) is 0.974. The molecule has 1 aliphatic heterocycles. The van der Waals surface area contributed by atoms with Crippen LogP contribution in [0.25, 0.3) is 0 Å². The smallest absolute Gasteiger partial charge is 0.0701 e. The fraction of sp³-hybridized carbons (Fsp3) is 0.538. The second kappa shape index (κ2) is 12.2. The molecule has 1 aliphatic rings. The highest BCUT2D eigenvalue weighted by atomic mass is 16.6. The van der Waals surface area contributed by atoms with Gasteiger partial charge >= 0.3 is 0 Å². The van der Waals surface area contributed by atoms with Crippen LogP contribution in [0.2, 0.25) is 0 Å². The van der Waals surface area contributed by atoms with Crippen molar-refractivity contribution in [1.29, 1.82) is 0 Å². The van der Waals surface area contributed by atoms with Crippen molar-refractivity contribution in [1.82, 2.24) is 0 Å². The van der Waals surface area contributed by atoms with Crippen LogP contribution in [-0.2, 0) is 9.47 Å². The lowest BCUT2D eigenvalue weighted by atomic mass is 10.2. The molecule has 1 N–H and O–H groups in total. The Hall–Kier alpha value is -0.900. The van der Waals surface area contributed by atoms with E-state index in [1.165, 1.54) is 5.56 Å². The summed E-state index contributed by atoms with van der Waals surface area (Å²) in [6, 6.07) is 10.3. The van der Waals surface area contributed by atoms with Gasteiger partial charge in [-0.05, 0) is 13.8 Å². The van der Waals surface area contributed by atoms with Gasteiger partial charge in [0.1, 0.15) is 0 Å². The fourth-order valence-corrected chi connectivity index (χ4v) is 0.974. The van der Waals surface area contributed by atoms with Crippen molar-refractivity contribution in [3.05, 3.63) is 35.9 Å². The second-order valence-corrected chi connectivity index (χ2v) is 3.20. The lowest BCUT2D eigenvalue weighted by Gasteiger charge is -2.09. The van der Waals surface area contributed by atoms with Gasteiger partial charge in [0.2, 0.25) is 0 Å². The molecule has 3 nitrogen and oxygen atoms in total. The molecular weight excluding hydrogens is 204 g/mol. The summed E-state index contributed by atoms with van der Waals surface area (Å²) < 4.78 is 9.89. The molecular formula is C13H22O3. The SMILES string of the molecule is C1COCCO1.CCO.Cc1ccccc1. The molecule has 0 aromatic heterocycles. The molecule has 0 radical (unpaired) electrons. The maximum Gasteiger partial charge on any atom is 0.0701 e. The van der Waals surface area contributed by atoms with Gasteiger partial charge in [0.05, 0.1) is 26.4 Å². The topological polar surface area (TPSA) is 38.7 Å². The predicted molar refractivity (Wildman–Crippen MR) is 65.6 cm³/mol. The molecule has 92 valence electrons. The Balaban J connectivity index is 0.000000230. The number of rotatable bonds is 0. The molecule has 16 heavy (non-hydrogen) atoms. The molecule has 1 heterocycles. The van der Waals surface area contributed by atoms with E-state index in [0.29, 0.717) is 0 Å². The summed E-state index contributed by atoms with van der Waals surface area (Å²) in [6.07, 6.45) is 0. The lowest BCUT2D eigenvalue weighted by Crippen LogP contribution is -2.16. The lowest BCUT2D eigenvalue weighted by molar-refractivity contribution is -0.0334. The predicted octanol–water partition coefficient (Wildman–Crippen LogP) is 2.03. The average molecular weight is 226 g/mol. The number of aliphatic hydroxyl groups excluding tert-OH is 1. The van der Waals surface area contributed by atoms with Crippen molar-refractivity contribution in [2.45, 2.75) is 13.8 Å². The molecule has 1 saturated heterocycles. The summed E-state index contributed by atoms with van der Waals surface area (Å²) in [6.45, 7) is 7.12. The zero-order valence-corrected chi connectivity index (χ0v) is 10.2. The van der Waals surface area contributed by atoms with Crippen molar-refractivity contribution >= 4 is 0 Å². The van der Waals surface area contributed by atoms with Gasteiger partial charge in [0.25, 0.3) is 0 Å². The quantitative estimate of drug-likeness (QED) is 0.735. The maximum absolute atomic E-state index is 7.57. The minimum atomic E-state index is 0.250. The minimum absolute atomic E-state index is 0.250. The van der Waals surface area contributed by atoms with Crippen LogP contribution in [0.1, 0.15) is 12.5 Å². The molecule has 0 spiro atoms. The van der Waals surface area contributed by atoms with E-state index in [1.54, 1.807) is 6.92 Å². The highest BCUT2D eigenvalue weighted by Crippen LogP contribution is 1.92. The van der Waals surface area contributed by atoms with Crippen molar-refractivity contribution in [3.8, 4) is 0 Å². The van der Waals surface area contributed by atoms with E-state index in [0.717, 1.165) is 26.4 Å². The van der Waals surface area contributed by atoms with Gasteiger partial charge in [-0.15, -0.1) is 0 Å². The average Bonchev–Trinajstić information content (AvgIpc) is 2.34. The number of ether oxygens (including phenoxy) is 2. The van der Waals surface area contributed by atoms with Gasteiger partial charge in [-0.2, -0.15) is 0 Å². The normalized spacial score (nSPS) is 13.9. The maximum atomic E-state index is 7.57. The molecule has 0 saturated carbocycles. The van der Waals surface area contributed by atoms with E-state index in [9.17, 15) is 0 Å². The van der Waals surface area contributed by atoms with Crippen LogP contribution >= 0.6 is 0 Å². The van der Waals surface area contributed by atoms with E-state index < -0.39 is 0 Å². The standard InChI is InChI=1S/C7H8.C4H8O2.C2H6O/c1-7-5-3-2-4-6-7;1-2-6-4-3-5-1;1-2-3/h2-6H,1H3;1-4H2;3H,2H2,1H3. The van der Waals surface area contributed by atoms with Crippen LogP contribution in [0.3, 0.4) is 0 Å². The molecule has 1 aromatic rings. The minimum Gasteiger partial charge on any atom is -0.397 e. The first-order chi connectivity index (χ1) is 7.81. The van der Waals surface area contributed by atoms with Crippen LogP contribution in [0.15, 0.2) is 30.3 Å². The van der Waals surface area contributed by atoms with Gasteiger partial charge in [-0.3, -0.25) is 0 Å². The molecule has 3 heteroatoms. The Morgan fingerprint density at radius 1 is 1.00 bits per heavy atom. The molecule has 1 fully saturated rings. The van der Waals surface area contributed by atoms with Gasteiger partial charge < -0.3 is 14.6 Å². The number of aliphatic hydroxyl groups is 1. The highest BCUT2D eigenvalue weighted by Gasteiger charge is 1.94. The zero-order chi connectivity index (χ0) is 12.1. The van der Waals surface area contributed by atoms with E-state index >= 15 is 0 Å². The van der Waals surface area contributed by atoms with Crippen LogP contribution in [0.5, 0.6) is 0 Å². The van der Waals surface area contributed by atoms with Gasteiger partial charge in [0.15, 0.2) is 0 Å².